The van der Waals surface area contributed by atoms with Crippen LogP contribution in [0.5, 0.6) is 0 Å². The van der Waals surface area contributed by atoms with Crippen molar-refractivity contribution in [2.45, 2.75) is 33.3 Å². The molecule has 0 aliphatic heterocycles. The van der Waals surface area contributed by atoms with Crippen molar-refractivity contribution < 1.29 is 35.7 Å². The quantitative estimate of drug-likeness (QED) is 0.302. The second kappa shape index (κ2) is 8.66. The van der Waals surface area contributed by atoms with Crippen molar-refractivity contribution in [1.29, 1.82) is 0 Å². The van der Waals surface area contributed by atoms with Crippen LogP contribution in [0.2, 0.25) is 0 Å². The highest BCUT2D eigenvalue weighted by Gasteiger charge is 2.36. The van der Waals surface area contributed by atoms with Crippen LogP contribution in [0.15, 0.2) is 0 Å². The van der Waals surface area contributed by atoms with Gasteiger partial charge in [-0.2, -0.15) is 8.42 Å². The number of carbonyl (C=O) groups is 1. The van der Waals surface area contributed by atoms with Gasteiger partial charge in [-0.05, 0) is 13.3 Å². The van der Waals surface area contributed by atoms with Gasteiger partial charge in [-0.25, -0.2) is 13.2 Å². The Morgan fingerprint density at radius 2 is 1.90 bits per heavy atom. The molecule has 0 saturated carbocycles. The largest absolute Gasteiger partial charge is 0.464 e. The summed E-state index contributed by atoms with van der Waals surface area (Å²) < 4.78 is 53.2. The Kier molecular flexibility index (Phi) is 8.37. The summed E-state index contributed by atoms with van der Waals surface area (Å²) in [5.74, 6) is -1.54. The first-order valence-corrected chi connectivity index (χ1v) is 9.29. The molecule has 10 heteroatoms. The highest BCUT2D eigenvalue weighted by atomic mass is 32.2. The minimum Gasteiger partial charge on any atom is -0.464 e. The number of ether oxygens (including phenoxy) is 1. The predicted octanol–water partition coefficient (Wildman–Crippen LogP) is -0.715. The molecule has 0 radical (unpaired) electrons. The molecule has 8 nitrogen and oxygen atoms in total. The van der Waals surface area contributed by atoms with Crippen molar-refractivity contribution >= 4 is 26.8 Å². The smallest absolute Gasteiger partial charge is 0.335 e. The predicted molar refractivity (Wildman–Crippen MR) is 76.0 cm³/mol. The van der Waals surface area contributed by atoms with Gasteiger partial charge < -0.3 is 9.84 Å². The lowest BCUT2D eigenvalue weighted by Gasteiger charge is -2.28. The van der Waals surface area contributed by atoms with Crippen LogP contribution in [0.4, 0.5) is 0 Å². The summed E-state index contributed by atoms with van der Waals surface area (Å²) in [7, 11) is -6.54. The molecular weight excluding hydrogens is 324 g/mol. The minimum atomic E-state index is -3.91. The molecule has 1 N–H and O–H groups in total. The molecule has 0 bridgehead atoms. The van der Waals surface area contributed by atoms with Crippen molar-refractivity contribution in [2.24, 2.45) is 5.41 Å². The van der Waals surface area contributed by atoms with Gasteiger partial charge in [0.25, 0.3) is 10.1 Å². The molecule has 0 aromatic carbocycles. The molecule has 21 heavy (non-hydrogen) atoms. The van der Waals surface area contributed by atoms with Gasteiger partial charge in [-0.3, -0.25) is 4.18 Å². The molecule has 0 aliphatic carbocycles. The molecule has 0 fully saturated rings. The summed E-state index contributed by atoms with van der Waals surface area (Å²) in [5.41, 5.74) is -1.16. The van der Waals surface area contributed by atoms with Gasteiger partial charge in [-0.15, -0.1) is 0 Å². The summed E-state index contributed by atoms with van der Waals surface area (Å²) in [5, 5.41) is 9.79. The minimum absolute atomic E-state index is 0.0676. The third-order valence-corrected chi connectivity index (χ3v) is 4.54. The zero-order chi connectivity index (χ0) is 16.7. The molecule has 126 valence electrons. The van der Waals surface area contributed by atoms with Gasteiger partial charge in [0.05, 0.1) is 19.0 Å². The van der Waals surface area contributed by atoms with Crippen molar-refractivity contribution in [2.75, 3.05) is 24.7 Å². The first-order valence-electron chi connectivity index (χ1n) is 6.35. The van der Waals surface area contributed by atoms with Gasteiger partial charge in [-0.1, -0.05) is 13.8 Å². The lowest BCUT2D eigenvalue weighted by atomic mass is 9.88. The lowest BCUT2D eigenvalue weighted by Crippen LogP contribution is -2.41. The Balaban J connectivity index is 4.49. The highest BCUT2D eigenvalue weighted by Crippen LogP contribution is 2.23. The van der Waals surface area contributed by atoms with E-state index >= 15 is 0 Å². The maximum atomic E-state index is 11.6. The van der Waals surface area contributed by atoms with E-state index in [2.05, 4.69) is 4.74 Å². The van der Waals surface area contributed by atoms with Crippen LogP contribution in [0, 0.1) is 5.41 Å². The van der Waals surface area contributed by atoms with Crippen molar-refractivity contribution in [3.63, 3.8) is 0 Å². The van der Waals surface area contributed by atoms with Gasteiger partial charge >= 0.3 is 5.97 Å². The molecule has 0 spiro atoms. The van der Waals surface area contributed by atoms with Gasteiger partial charge in [0.2, 0.25) is 0 Å². The Bertz CT molecular complexity index is 498. The number of aliphatic hydroxyl groups is 1. The zero-order valence-corrected chi connectivity index (χ0v) is 14.0. The van der Waals surface area contributed by atoms with Crippen molar-refractivity contribution in [3.8, 4) is 0 Å². The molecular formula is C11H22O8S2. The van der Waals surface area contributed by atoms with Crippen LogP contribution in [0.25, 0.3) is 0 Å². The number of thiol groups is 1. The maximum absolute atomic E-state index is 11.6. The van der Waals surface area contributed by atoms with Crippen molar-refractivity contribution in [3.05, 3.63) is 0 Å². The number of carbonyl (C=O) groups excluding carboxylic acids is 1. The van der Waals surface area contributed by atoms with E-state index in [9.17, 15) is 26.7 Å². The summed E-state index contributed by atoms with van der Waals surface area (Å²) in [6.45, 7) is 4.17. The first-order chi connectivity index (χ1) is 9.52. The molecule has 0 rings (SSSR count). The van der Waals surface area contributed by atoms with Crippen LogP contribution in [0.1, 0.15) is 27.2 Å². The molecule has 0 amide bonds. The van der Waals surface area contributed by atoms with E-state index < -0.39 is 50.7 Å². The average Bonchev–Trinajstić information content (AvgIpc) is 2.35. The lowest BCUT2D eigenvalue weighted by molar-refractivity contribution is -0.160. The van der Waals surface area contributed by atoms with Gasteiger partial charge in [0.15, 0.2) is 6.10 Å². The zero-order valence-electron chi connectivity index (χ0n) is 12.3. The second-order valence-corrected chi connectivity index (χ2v) is 7.95. The van der Waals surface area contributed by atoms with E-state index in [0.29, 0.717) is 0 Å². The SMILES string of the molecule is CCOC(=O)[C@H](O)C(C)(C)COS(=O)(=O)CCC[SH](=O)=O. The van der Waals surface area contributed by atoms with Crippen LogP contribution in [0.3, 0.4) is 0 Å². The Morgan fingerprint density at radius 1 is 1.33 bits per heavy atom. The van der Waals surface area contributed by atoms with Crippen LogP contribution >= 0.6 is 0 Å². The van der Waals surface area contributed by atoms with E-state index in [-0.39, 0.29) is 18.8 Å². The van der Waals surface area contributed by atoms with E-state index in [1.807, 2.05) is 0 Å². The maximum Gasteiger partial charge on any atom is 0.335 e. The summed E-state index contributed by atoms with van der Waals surface area (Å²) in [6.07, 6.45) is -1.59. The second-order valence-electron chi connectivity index (χ2n) is 5.08. The number of aliphatic hydroxyl groups excluding tert-OH is 1. The fourth-order valence-corrected chi connectivity index (χ4v) is 3.02. The van der Waals surface area contributed by atoms with Crippen LogP contribution in [-0.2, 0) is 34.5 Å². The average molecular weight is 346 g/mol. The molecule has 1 atom stereocenters. The Hall–Kier alpha value is -0.710. The third kappa shape index (κ3) is 8.34. The van der Waals surface area contributed by atoms with Crippen LogP contribution in [-0.4, -0.2) is 58.7 Å². The standard InChI is InChI=1S/C11H22O8S2/c1-4-18-10(13)9(12)11(2,3)8-19-21(16,17)7-5-6-20(14)15/h9,12,20H,4-8H2,1-3H3/t9-/m0/s1. The molecule has 0 aliphatic rings. The first kappa shape index (κ1) is 20.3. The molecule has 0 aromatic rings. The number of esters is 1. The molecule has 0 unspecified atom stereocenters. The fraction of sp³-hybridized carbons (Fsp3) is 0.909. The summed E-state index contributed by atoms with van der Waals surface area (Å²) in [6, 6.07) is 0. The molecule has 0 saturated heterocycles. The van der Waals surface area contributed by atoms with E-state index in [1.165, 1.54) is 13.8 Å². The summed E-state index contributed by atoms with van der Waals surface area (Å²) in [4.78, 5) is 11.4. The van der Waals surface area contributed by atoms with E-state index in [1.54, 1.807) is 6.92 Å². The van der Waals surface area contributed by atoms with Gasteiger partial charge in [0.1, 0.15) is 10.7 Å². The normalized spacial score (nSPS) is 14.1. The number of hydrogen-bond donors (Lipinski definition) is 2. The molecule has 0 aromatic heterocycles. The fourth-order valence-electron chi connectivity index (χ4n) is 1.29. The highest BCUT2D eigenvalue weighted by molar-refractivity contribution is 7.86. The summed E-state index contributed by atoms with van der Waals surface area (Å²) >= 11 is 0. The van der Waals surface area contributed by atoms with Gasteiger partial charge in [0, 0.05) is 11.2 Å². The van der Waals surface area contributed by atoms with E-state index in [4.69, 9.17) is 4.18 Å². The monoisotopic (exact) mass is 346 g/mol. The topological polar surface area (TPSA) is 124 Å². The van der Waals surface area contributed by atoms with Crippen LogP contribution < -0.4 is 0 Å². The van der Waals surface area contributed by atoms with Crippen molar-refractivity contribution in [1.82, 2.24) is 0 Å². The Morgan fingerprint density at radius 3 is 2.38 bits per heavy atom. The Labute approximate surface area is 126 Å². The number of rotatable bonds is 10. The van der Waals surface area contributed by atoms with E-state index in [0.717, 1.165) is 0 Å². The molecule has 0 heterocycles. The third-order valence-electron chi connectivity index (χ3n) is 2.60. The number of hydrogen-bond acceptors (Lipinski definition) is 8.